The van der Waals surface area contributed by atoms with Gasteiger partial charge >= 0.3 is 0 Å². The molecule has 0 aliphatic heterocycles. The smallest absolute Gasteiger partial charge is 0.209 e. The van der Waals surface area contributed by atoms with Crippen molar-refractivity contribution in [3.63, 3.8) is 0 Å². The summed E-state index contributed by atoms with van der Waals surface area (Å²) in [5.41, 5.74) is 3.39. The van der Waals surface area contributed by atoms with E-state index in [1.165, 1.54) is 5.56 Å². The molecule has 1 N–H and O–H groups in total. The number of halogens is 1. The van der Waals surface area contributed by atoms with Gasteiger partial charge in [-0.25, -0.2) is 4.98 Å². The lowest BCUT2D eigenvalue weighted by atomic mass is 10.0. The molecule has 0 saturated carbocycles. The van der Waals surface area contributed by atoms with Gasteiger partial charge in [0.15, 0.2) is 5.82 Å². The second-order valence-electron chi connectivity index (χ2n) is 5.79. The summed E-state index contributed by atoms with van der Waals surface area (Å²) in [6.07, 6.45) is 0. The lowest BCUT2D eigenvalue weighted by Gasteiger charge is -2.16. The molecule has 1 unspecified atom stereocenters. The molecule has 1 atom stereocenters. The number of aromatic amines is 1. The monoisotopic (exact) mass is 377 g/mol. The summed E-state index contributed by atoms with van der Waals surface area (Å²) < 4.78 is 0. The summed E-state index contributed by atoms with van der Waals surface area (Å²) in [6.45, 7) is 0. The normalized spacial score (nSPS) is 12.0. The molecule has 4 rings (SSSR count). The maximum absolute atomic E-state index is 6.06. The van der Waals surface area contributed by atoms with Gasteiger partial charge in [-0.15, -0.1) is 5.10 Å². The Kier molecular flexibility index (Phi) is 5.04. The Morgan fingerprint density at radius 2 is 1.38 bits per heavy atom. The van der Waals surface area contributed by atoms with Crippen LogP contribution in [0.3, 0.4) is 0 Å². The molecule has 1 heterocycles. The Morgan fingerprint density at radius 3 is 2.08 bits per heavy atom. The van der Waals surface area contributed by atoms with Gasteiger partial charge in [0.05, 0.1) is 5.25 Å². The highest BCUT2D eigenvalue weighted by molar-refractivity contribution is 7.99. The number of H-pyrrole nitrogens is 1. The minimum Gasteiger partial charge on any atom is -0.258 e. The van der Waals surface area contributed by atoms with E-state index in [1.54, 1.807) is 11.8 Å². The van der Waals surface area contributed by atoms with Crippen molar-refractivity contribution in [3.05, 3.63) is 101 Å². The van der Waals surface area contributed by atoms with Crippen LogP contribution in [0.15, 0.2) is 90.1 Å². The van der Waals surface area contributed by atoms with Gasteiger partial charge in [0.1, 0.15) is 0 Å². The zero-order valence-corrected chi connectivity index (χ0v) is 15.4. The average Bonchev–Trinajstić information content (AvgIpc) is 3.17. The standard InChI is InChI=1S/C21H16ClN3S/c22-18-13-11-16(12-14-18)19(15-7-3-1-4-8-15)26-21-23-20(24-25-21)17-9-5-2-6-10-17/h1-14,19H,(H,23,24,25). The SMILES string of the molecule is Clc1ccc(C(Sc2n[nH]c(-c3ccccc3)n2)c2ccccc2)cc1. The minimum atomic E-state index is 0.0906. The topological polar surface area (TPSA) is 41.6 Å². The fraction of sp³-hybridized carbons (Fsp3) is 0.0476. The molecule has 0 amide bonds. The van der Waals surface area contributed by atoms with Crippen LogP contribution in [-0.2, 0) is 0 Å². The van der Waals surface area contributed by atoms with Gasteiger partial charge in [-0.05, 0) is 23.3 Å². The number of nitrogens with zero attached hydrogens (tertiary/aromatic N) is 2. The number of aromatic nitrogens is 3. The largest absolute Gasteiger partial charge is 0.258 e. The molecule has 3 nitrogen and oxygen atoms in total. The van der Waals surface area contributed by atoms with Gasteiger partial charge in [-0.3, -0.25) is 5.10 Å². The first-order chi connectivity index (χ1) is 12.8. The van der Waals surface area contributed by atoms with Crippen LogP contribution in [0.25, 0.3) is 11.4 Å². The molecule has 0 aliphatic carbocycles. The molecule has 0 fully saturated rings. The van der Waals surface area contributed by atoms with Crippen molar-refractivity contribution in [1.29, 1.82) is 0 Å². The van der Waals surface area contributed by atoms with E-state index in [0.717, 1.165) is 22.0 Å². The van der Waals surface area contributed by atoms with Crippen molar-refractivity contribution in [2.45, 2.75) is 10.4 Å². The molecule has 4 aromatic rings. The van der Waals surface area contributed by atoms with Crippen molar-refractivity contribution in [2.75, 3.05) is 0 Å². The first-order valence-electron chi connectivity index (χ1n) is 8.24. The Labute approximate surface area is 161 Å². The first kappa shape index (κ1) is 16.9. The summed E-state index contributed by atoms with van der Waals surface area (Å²) in [6, 6.07) is 28.3. The van der Waals surface area contributed by atoms with E-state index in [-0.39, 0.29) is 5.25 Å². The summed E-state index contributed by atoms with van der Waals surface area (Å²) in [4.78, 5) is 4.66. The molecule has 0 spiro atoms. The van der Waals surface area contributed by atoms with Crippen LogP contribution in [0.4, 0.5) is 0 Å². The molecular weight excluding hydrogens is 362 g/mol. The van der Waals surface area contributed by atoms with E-state index >= 15 is 0 Å². The third kappa shape index (κ3) is 3.82. The number of rotatable bonds is 5. The summed E-state index contributed by atoms with van der Waals surface area (Å²) in [5, 5.41) is 8.98. The Morgan fingerprint density at radius 1 is 0.769 bits per heavy atom. The predicted molar refractivity (Wildman–Crippen MR) is 107 cm³/mol. The molecule has 5 heteroatoms. The molecular formula is C21H16ClN3S. The van der Waals surface area contributed by atoms with Gasteiger partial charge in [-0.2, -0.15) is 0 Å². The van der Waals surface area contributed by atoms with Gasteiger partial charge in [0.2, 0.25) is 5.16 Å². The molecule has 26 heavy (non-hydrogen) atoms. The molecule has 0 aliphatic rings. The fourth-order valence-corrected chi connectivity index (χ4v) is 3.89. The Hall–Kier alpha value is -2.56. The van der Waals surface area contributed by atoms with E-state index in [0.29, 0.717) is 5.16 Å². The van der Waals surface area contributed by atoms with E-state index in [1.807, 2.05) is 60.7 Å². The maximum Gasteiger partial charge on any atom is 0.209 e. The third-order valence-corrected chi connectivity index (χ3v) is 5.44. The summed E-state index contributed by atoms with van der Waals surface area (Å²) in [5.74, 6) is 0.774. The van der Waals surface area contributed by atoms with Gasteiger partial charge < -0.3 is 0 Å². The van der Waals surface area contributed by atoms with E-state index in [4.69, 9.17) is 11.6 Å². The lowest BCUT2D eigenvalue weighted by Crippen LogP contribution is -1.97. The highest BCUT2D eigenvalue weighted by atomic mass is 35.5. The third-order valence-electron chi connectivity index (χ3n) is 4.01. The van der Waals surface area contributed by atoms with Crippen LogP contribution in [0.5, 0.6) is 0 Å². The van der Waals surface area contributed by atoms with Crippen molar-refractivity contribution in [1.82, 2.24) is 15.2 Å². The van der Waals surface area contributed by atoms with Crippen LogP contribution in [0, 0.1) is 0 Å². The predicted octanol–water partition coefficient (Wildman–Crippen LogP) is 6.01. The quantitative estimate of drug-likeness (QED) is 0.433. The number of thioether (sulfide) groups is 1. The van der Waals surface area contributed by atoms with Crippen molar-refractivity contribution in [2.24, 2.45) is 0 Å². The average molecular weight is 378 g/mol. The molecule has 3 aromatic carbocycles. The second kappa shape index (κ2) is 7.77. The molecule has 1 aromatic heterocycles. The minimum absolute atomic E-state index is 0.0906. The van der Waals surface area contributed by atoms with Crippen LogP contribution < -0.4 is 0 Å². The highest BCUT2D eigenvalue weighted by Gasteiger charge is 2.18. The van der Waals surface area contributed by atoms with Crippen LogP contribution in [0.2, 0.25) is 5.02 Å². The lowest BCUT2D eigenvalue weighted by molar-refractivity contribution is 0.965. The van der Waals surface area contributed by atoms with Gasteiger partial charge in [-0.1, -0.05) is 96.2 Å². The maximum atomic E-state index is 6.06. The van der Waals surface area contributed by atoms with Crippen molar-refractivity contribution < 1.29 is 0 Å². The van der Waals surface area contributed by atoms with Crippen LogP contribution >= 0.6 is 23.4 Å². The molecule has 0 saturated heterocycles. The molecule has 0 bridgehead atoms. The van der Waals surface area contributed by atoms with Crippen LogP contribution in [0.1, 0.15) is 16.4 Å². The van der Waals surface area contributed by atoms with E-state index in [9.17, 15) is 0 Å². The fourth-order valence-electron chi connectivity index (χ4n) is 2.72. The zero-order valence-electron chi connectivity index (χ0n) is 13.8. The van der Waals surface area contributed by atoms with Crippen LogP contribution in [-0.4, -0.2) is 15.2 Å². The van der Waals surface area contributed by atoms with E-state index in [2.05, 4.69) is 39.4 Å². The zero-order chi connectivity index (χ0) is 17.8. The van der Waals surface area contributed by atoms with Gasteiger partial charge in [0, 0.05) is 10.6 Å². The molecule has 0 radical (unpaired) electrons. The number of hydrogen-bond donors (Lipinski definition) is 1. The van der Waals surface area contributed by atoms with Crippen molar-refractivity contribution in [3.8, 4) is 11.4 Å². The summed E-state index contributed by atoms with van der Waals surface area (Å²) in [7, 11) is 0. The number of benzene rings is 3. The summed E-state index contributed by atoms with van der Waals surface area (Å²) >= 11 is 7.68. The Balaban J connectivity index is 1.65. The number of hydrogen-bond acceptors (Lipinski definition) is 3. The number of nitrogens with one attached hydrogen (secondary N) is 1. The van der Waals surface area contributed by atoms with Crippen molar-refractivity contribution >= 4 is 23.4 Å². The van der Waals surface area contributed by atoms with E-state index < -0.39 is 0 Å². The second-order valence-corrected chi connectivity index (χ2v) is 7.30. The Bertz CT molecular complexity index is 969. The molecule has 128 valence electrons. The highest BCUT2D eigenvalue weighted by Crippen LogP contribution is 2.39. The van der Waals surface area contributed by atoms with Gasteiger partial charge in [0.25, 0.3) is 0 Å². The first-order valence-corrected chi connectivity index (χ1v) is 9.50.